The molecule has 4 rings (SSSR count). The molecule has 4 heterocycles. The second-order valence-corrected chi connectivity index (χ2v) is 6.40. The van der Waals surface area contributed by atoms with Crippen LogP contribution in [0.4, 0.5) is 0 Å². The van der Waals surface area contributed by atoms with Crippen LogP contribution in [0.2, 0.25) is 0 Å². The van der Waals surface area contributed by atoms with E-state index in [1.807, 2.05) is 28.6 Å². The molecule has 0 aromatic carbocycles. The number of hydrogen-bond acceptors (Lipinski definition) is 5. The monoisotopic (exact) mass is 317 g/mol. The Bertz CT molecular complexity index is 674. The Balaban J connectivity index is 1.52. The first-order valence-electron chi connectivity index (χ1n) is 8.26. The van der Waals surface area contributed by atoms with E-state index in [0.717, 1.165) is 45.7 Å². The van der Waals surface area contributed by atoms with Crippen LogP contribution >= 0.6 is 0 Å². The van der Waals surface area contributed by atoms with E-state index < -0.39 is 6.10 Å². The minimum atomic E-state index is -0.773. The molecule has 1 unspecified atom stereocenters. The average Bonchev–Trinajstić information content (AvgIpc) is 3.20. The minimum absolute atomic E-state index is 0.607. The highest BCUT2D eigenvalue weighted by Gasteiger charge is 2.28. The van der Waals surface area contributed by atoms with Gasteiger partial charge in [0, 0.05) is 51.8 Å². The van der Waals surface area contributed by atoms with Gasteiger partial charge in [-0.2, -0.15) is 5.10 Å². The number of nitrogens with zero attached hydrogens (tertiary/aromatic N) is 5. The molecule has 0 aliphatic carbocycles. The lowest BCUT2D eigenvalue weighted by Gasteiger charge is -2.36. The lowest BCUT2D eigenvalue weighted by Crippen LogP contribution is -2.43. The topological polar surface area (TPSA) is 68.3 Å². The molecular formula is C16H23N5O2. The predicted octanol–water partition coefficient (Wildman–Crippen LogP) is 0.693. The summed E-state index contributed by atoms with van der Waals surface area (Å²) in [5, 5.41) is 15.1. The molecule has 0 spiro atoms. The third-order valence-corrected chi connectivity index (χ3v) is 4.94. The predicted molar refractivity (Wildman–Crippen MR) is 83.7 cm³/mol. The van der Waals surface area contributed by atoms with Crippen molar-refractivity contribution in [2.45, 2.75) is 38.1 Å². The molecular weight excluding hydrogens is 294 g/mol. The fourth-order valence-electron chi connectivity index (χ4n) is 3.58. The fraction of sp³-hybridized carbons (Fsp3) is 0.625. The van der Waals surface area contributed by atoms with Gasteiger partial charge in [0.25, 0.3) is 0 Å². The molecule has 0 bridgehead atoms. The lowest BCUT2D eigenvalue weighted by atomic mass is 10.1. The zero-order valence-corrected chi connectivity index (χ0v) is 13.4. The molecule has 7 heteroatoms. The van der Waals surface area contributed by atoms with Crippen molar-refractivity contribution in [1.82, 2.24) is 24.2 Å². The summed E-state index contributed by atoms with van der Waals surface area (Å²) in [7, 11) is 1.88. The quantitative estimate of drug-likeness (QED) is 0.902. The summed E-state index contributed by atoms with van der Waals surface area (Å²) in [5.41, 5.74) is 1.86. The van der Waals surface area contributed by atoms with Gasteiger partial charge in [-0.05, 0) is 18.9 Å². The first-order chi connectivity index (χ1) is 11.2. The van der Waals surface area contributed by atoms with Crippen LogP contribution in [0.3, 0.4) is 0 Å². The smallest absolute Gasteiger partial charge is 0.155 e. The maximum absolute atomic E-state index is 10.5. The lowest BCUT2D eigenvalue weighted by molar-refractivity contribution is 0.0232. The van der Waals surface area contributed by atoms with Crippen molar-refractivity contribution in [2.75, 3.05) is 19.8 Å². The Morgan fingerprint density at radius 3 is 2.87 bits per heavy atom. The van der Waals surface area contributed by atoms with Crippen LogP contribution in [0.15, 0.2) is 18.5 Å². The summed E-state index contributed by atoms with van der Waals surface area (Å²) in [6.07, 6.45) is 4.97. The Kier molecular flexibility index (Phi) is 3.92. The zero-order valence-electron chi connectivity index (χ0n) is 13.4. The van der Waals surface area contributed by atoms with Gasteiger partial charge in [-0.3, -0.25) is 9.58 Å². The largest absolute Gasteiger partial charge is 0.381 e. The summed E-state index contributed by atoms with van der Waals surface area (Å²) in [6, 6.07) is 2.63. The maximum Gasteiger partial charge on any atom is 0.155 e. The van der Waals surface area contributed by atoms with E-state index in [1.165, 1.54) is 5.69 Å². The van der Waals surface area contributed by atoms with Gasteiger partial charge in [-0.15, -0.1) is 0 Å². The normalized spacial score (nSPS) is 21.3. The van der Waals surface area contributed by atoms with Crippen LogP contribution in [0.5, 0.6) is 0 Å². The van der Waals surface area contributed by atoms with E-state index in [2.05, 4.69) is 15.0 Å². The number of aromatic nitrogens is 4. The van der Waals surface area contributed by atoms with Gasteiger partial charge in [0.15, 0.2) is 6.10 Å². The van der Waals surface area contributed by atoms with Crippen molar-refractivity contribution in [3.8, 4) is 0 Å². The second kappa shape index (κ2) is 6.07. The number of fused-ring (bicyclic) bond motifs is 1. The number of aryl methyl sites for hydroxylation is 1. The Hall–Kier alpha value is -1.70. The summed E-state index contributed by atoms with van der Waals surface area (Å²) in [4.78, 5) is 6.75. The van der Waals surface area contributed by atoms with Crippen LogP contribution in [0, 0.1) is 0 Å². The molecule has 7 nitrogen and oxygen atoms in total. The molecule has 23 heavy (non-hydrogen) atoms. The molecule has 1 fully saturated rings. The second-order valence-electron chi connectivity index (χ2n) is 6.40. The maximum atomic E-state index is 10.5. The molecule has 2 aliphatic heterocycles. The number of rotatable bonds is 3. The van der Waals surface area contributed by atoms with Crippen LogP contribution in [0.1, 0.15) is 36.2 Å². The van der Waals surface area contributed by atoms with Crippen LogP contribution < -0.4 is 0 Å². The van der Waals surface area contributed by atoms with Crippen molar-refractivity contribution in [3.05, 3.63) is 35.7 Å². The van der Waals surface area contributed by atoms with Crippen molar-refractivity contribution in [1.29, 1.82) is 0 Å². The summed E-state index contributed by atoms with van der Waals surface area (Å²) in [6.45, 7) is 4.51. The number of imidazole rings is 1. The van der Waals surface area contributed by atoms with Crippen molar-refractivity contribution in [3.63, 3.8) is 0 Å². The Labute approximate surface area is 135 Å². The molecule has 0 radical (unpaired) electrons. The molecule has 0 amide bonds. The van der Waals surface area contributed by atoms with Gasteiger partial charge >= 0.3 is 0 Å². The highest BCUT2D eigenvalue weighted by atomic mass is 16.5. The number of hydrogen-bond donors (Lipinski definition) is 1. The van der Waals surface area contributed by atoms with Crippen molar-refractivity contribution >= 4 is 0 Å². The molecule has 124 valence electrons. The molecule has 1 N–H and O–H groups in total. The van der Waals surface area contributed by atoms with Crippen molar-refractivity contribution < 1.29 is 9.84 Å². The molecule has 0 saturated carbocycles. The SMILES string of the molecule is Cn1ccnc1C(O)c1cc2n(n1)CCN(C1CCOCC1)C2. The standard InChI is InChI=1S/C16H23N5O2/c1-19-5-4-17-16(19)15(22)14-10-13-11-20(6-7-21(13)18-14)12-2-8-23-9-3-12/h4-5,10,12,15,22H,2-3,6-9,11H2,1H3. The van der Waals surface area contributed by atoms with Gasteiger partial charge < -0.3 is 14.4 Å². The minimum Gasteiger partial charge on any atom is -0.381 e. The highest BCUT2D eigenvalue weighted by Crippen LogP contribution is 2.25. The van der Waals surface area contributed by atoms with Crippen LogP contribution in [0.25, 0.3) is 0 Å². The Morgan fingerprint density at radius 1 is 1.30 bits per heavy atom. The number of aliphatic hydroxyl groups excluding tert-OH is 1. The summed E-state index contributed by atoms with van der Waals surface area (Å²) in [5.74, 6) is 0.627. The van der Waals surface area contributed by atoms with Gasteiger partial charge in [-0.1, -0.05) is 0 Å². The average molecular weight is 317 g/mol. The van der Waals surface area contributed by atoms with Gasteiger partial charge in [-0.25, -0.2) is 4.98 Å². The third-order valence-electron chi connectivity index (χ3n) is 4.94. The summed E-state index contributed by atoms with van der Waals surface area (Å²) < 4.78 is 9.32. The zero-order chi connectivity index (χ0) is 15.8. The molecule has 1 saturated heterocycles. The third kappa shape index (κ3) is 2.80. The van der Waals surface area contributed by atoms with Crippen LogP contribution in [-0.4, -0.2) is 55.1 Å². The highest BCUT2D eigenvalue weighted by molar-refractivity contribution is 5.19. The van der Waals surface area contributed by atoms with E-state index in [9.17, 15) is 5.11 Å². The number of aliphatic hydroxyl groups is 1. The van der Waals surface area contributed by atoms with E-state index >= 15 is 0 Å². The molecule has 2 aliphatic rings. The van der Waals surface area contributed by atoms with Crippen molar-refractivity contribution in [2.24, 2.45) is 7.05 Å². The number of ether oxygens (including phenoxy) is 1. The van der Waals surface area contributed by atoms with Gasteiger partial charge in [0.05, 0.1) is 17.9 Å². The van der Waals surface area contributed by atoms with Gasteiger partial charge in [0.2, 0.25) is 0 Å². The molecule has 2 aromatic heterocycles. The van der Waals surface area contributed by atoms with Crippen LogP contribution in [-0.2, 0) is 24.9 Å². The van der Waals surface area contributed by atoms with E-state index in [-0.39, 0.29) is 0 Å². The van der Waals surface area contributed by atoms with E-state index in [1.54, 1.807) is 6.20 Å². The summed E-state index contributed by atoms with van der Waals surface area (Å²) >= 11 is 0. The Morgan fingerprint density at radius 2 is 2.13 bits per heavy atom. The fourth-order valence-corrected chi connectivity index (χ4v) is 3.58. The first kappa shape index (κ1) is 14.9. The van der Waals surface area contributed by atoms with E-state index in [0.29, 0.717) is 17.6 Å². The first-order valence-corrected chi connectivity index (χ1v) is 8.26. The molecule has 2 aromatic rings. The van der Waals surface area contributed by atoms with Gasteiger partial charge in [0.1, 0.15) is 5.82 Å². The van der Waals surface area contributed by atoms with E-state index in [4.69, 9.17) is 4.74 Å². The molecule has 1 atom stereocenters.